The molecule has 0 N–H and O–H groups in total. The van der Waals surface area contributed by atoms with Gasteiger partial charge in [0.25, 0.3) is 0 Å². The van der Waals surface area contributed by atoms with Crippen LogP contribution in [0.5, 0.6) is 5.75 Å². The van der Waals surface area contributed by atoms with E-state index in [-0.39, 0.29) is 5.60 Å². The maximum Gasteiger partial charge on any atom is 0.144 e. The number of hydrogen-bond acceptors (Lipinski definition) is 2. The lowest BCUT2D eigenvalue weighted by atomic mass is 10.1. The van der Waals surface area contributed by atoms with Crippen LogP contribution in [0.1, 0.15) is 20.8 Å². The summed E-state index contributed by atoms with van der Waals surface area (Å²) in [5.41, 5.74) is 2.99. The second-order valence-electron chi connectivity index (χ2n) is 6.69. The average molecular weight is 317 g/mol. The van der Waals surface area contributed by atoms with Crippen LogP contribution in [-0.4, -0.2) is 5.60 Å². The predicted octanol–water partition coefficient (Wildman–Crippen LogP) is 6.33. The standard InChI is InChI=1S/C22H23NO/c1-22(2,3)24-21-17-11-10-16-20(21)23(18-12-6-4-7-13-18)19-14-8-5-9-15-19/h4-17H,1-3H3. The van der Waals surface area contributed by atoms with E-state index in [0.717, 1.165) is 22.8 Å². The Hall–Kier alpha value is -2.74. The molecular formula is C22H23NO. The molecule has 2 nitrogen and oxygen atoms in total. The zero-order valence-electron chi connectivity index (χ0n) is 14.4. The number of ether oxygens (including phenoxy) is 1. The van der Waals surface area contributed by atoms with Crippen LogP contribution in [0.4, 0.5) is 17.1 Å². The van der Waals surface area contributed by atoms with Crippen molar-refractivity contribution in [2.24, 2.45) is 0 Å². The molecule has 122 valence electrons. The van der Waals surface area contributed by atoms with Crippen LogP contribution < -0.4 is 9.64 Å². The van der Waals surface area contributed by atoms with Gasteiger partial charge in [-0.15, -0.1) is 0 Å². The minimum absolute atomic E-state index is 0.255. The maximum atomic E-state index is 6.22. The van der Waals surface area contributed by atoms with Gasteiger partial charge in [0.05, 0.1) is 5.69 Å². The van der Waals surface area contributed by atoms with Crippen molar-refractivity contribution in [1.29, 1.82) is 0 Å². The fourth-order valence-corrected chi connectivity index (χ4v) is 2.64. The second-order valence-corrected chi connectivity index (χ2v) is 6.69. The minimum Gasteiger partial charge on any atom is -0.486 e. The van der Waals surface area contributed by atoms with Gasteiger partial charge in [0, 0.05) is 11.4 Å². The molecule has 3 aromatic carbocycles. The van der Waals surface area contributed by atoms with Crippen LogP contribution >= 0.6 is 0 Å². The number of para-hydroxylation sites is 4. The molecule has 0 saturated carbocycles. The zero-order valence-corrected chi connectivity index (χ0v) is 14.4. The van der Waals surface area contributed by atoms with E-state index in [1.165, 1.54) is 0 Å². The van der Waals surface area contributed by atoms with E-state index in [1.54, 1.807) is 0 Å². The molecule has 0 aliphatic rings. The van der Waals surface area contributed by atoms with E-state index in [0.29, 0.717) is 0 Å². The van der Waals surface area contributed by atoms with Crippen LogP contribution in [0, 0.1) is 0 Å². The average Bonchev–Trinajstić information content (AvgIpc) is 2.57. The topological polar surface area (TPSA) is 12.5 Å². The third-order valence-electron chi connectivity index (χ3n) is 3.55. The summed E-state index contributed by atoms with van der Waals surface area (Å²) < 4.78 is 6.22. The molecule has 3 aromatic rings. The van der Waals surface area contributed by atoms with Gasteiger partial charge in [-0.2, -0.15) is 0 Å². The summed E-state index contributed by atoms with van der Waals surface area (Å²) >= 11 is 0. The number of hydrogen-bond donors (Lipinski definition) is 0. The first-order valence-corrected chi connectivity index (χ1v) is 8.23. The molecule has 0 amide bonds. The highest BCUT2D eigenvalue weighted by Crippen LogP contribution is 2.40. The summed E-state index contributed by atoms with van der Waals surface area (Å²) in [6.45, 7) is 6.21. The second kappa shape index (κ2) is 6.79. The Kier molecular flexibility index (Phi) is 4.57. The summed E-state index contributed by atoms with van der Waals surface area (Å²) in [6, 6.07) is 28.9. The molecule has 0 aromatic heterocycles. The lowest BCUT2D eigenvalue weighted by Gasteiger charge is -2.30. The van der Waals surface area contributed by atoms with E-state index in [4.69, 9.17) is 4.74 Å². The Bertz CT molecular complexity index is 736. The quantitative estimate of drug-likeness (QED) is 0.557. The van der Waals surface area contributed by atoms with Gasteiger partial charge >= 0.3 is 0 Å². The first kappa shape index (κ1) is 16.1. The van der Waals surface area contributed by atoms with Crippen LogP contribution in [0.3, 0.4) is 0 Å². The first-order valence-electron chi connectivity index (χ1n) is 8.23. The van der Waals surface area contributed by atoms with Crippen molar-refractivity contribution in [2.45, 2.75) is 26.4 Å². The highest BCUT2D eigenvalue weighted by atomic mass is 16.5. The van der Waals surface area contributed by atoms with Gasteiger partial charge in [-0.05, 0) is 57.2 Å². The molecule has 0 unspecified atom stereocenters. The van der Waals surface area contributed by atoms with E-state index in [9.17, 15) is 0 Å². The summed E-state index contributed by atoms with van der Waals surface area (Å²) in [7, 11) is 0. The Labute approximate surface area is 144 Å². The molecule has 24 heavy (non-hydrogen) atoms. The fraction of sp³-hybridized carbons (Fsp3) is 0.182. The van der Waals surface area contributed by atoms with Crippen LogP contribution in [0.15, 0.2) is 84.9 Å². The zero-order chi connectivity index (χ0) is 17.0. The van der Waals surface area contributed by atoms with Crippen molar-refractivity contribution >= 4 is 17.1 Å². The third kappa shape index (κ3) is 3.77. The summed E-state index contributed by atoms with van der Waals surface area (Å²) in [5, 5.41) is 0. The summed E-state index contributed by atoms with van der Waals surface area (Å²) in [4.78, 5) is 2.22. The third-order valence-corrected chi connectivity index (χ3v) is 3.55. The molecule has 0 radical (unpaired) electrons. The molecule has 0 saturated heterocycles. The van der Waals surface area contributed by atoms with E-state index in [2.05, 4.69) is 80.3 Å². The Balaban J connectivity index is 2.14. The largest absolute Gasteiger partial charge is 0.486 e. The Morgan fingerprint density at radius 3 is 1.58 bits per heavy atom. The van der Waals surface area contributed by atoms with Gasteiger partial charge in [-0.1, -0.05) is 48.5 Å². The number of anilines is 3. The molecule has 0 fully saturated rings. The van der Waals surface area contributed by atoms with Crippen molar-refractivity contribution in [1.82, 2.24) is 0 Å². The van der Waals surface area contributed by atoms with Crippen molar-refractivity contribution < 1.29 is 4.74 Å². The fourth-order valence-electron chi connectivity index (χ4n) is 2.64. The molecule has 0 heterocycles. The van der Waals surface area contributed by atoms with Gasteiger partial charge in [-0.25, -0.2) is 0 Å². The van der Waals surface area contributed by atoms with E-state index >= 15 is 0 Å². The number of rotatable bonds is 4. The van der Waals surface area contributed by atoms with Gasteiger partial charge < -0.3 is 9.64 Å². The number of nitrogens with zero attached hydrogens (tertiary/aromatic N) is 1. The molecular weight excluding hydrogens is 294 g/mol. The van der Waals surface area contributed by atoms with Crippen molar-refractivity contribution in [3.63, 3.8) is 0 Å². The maximum absolute atomic E-state index is 6.22. The van der Waals surface area contributed by atoms with Gasteiger partial charge in [0.1, 0.15) is 11.4 Å². The molecule has 2 heteroatoms. The molecule has 0 spiro atoms. The molecule has 0 atom stereocenters. The molecule has 0 aliphatic carbocycles. The van der Waals surface area contributed by atoms with Gasteiger partial charge in [0.15, 0.2) is 0 Å². The minimum atomic E-state index is -0.255. The van der Waals surface area contributed by atoms with Crippen molar-refractivity contribution in [2.75, 3.05) is 4.90 Å². The van der Waals surface area contributed by atoms with Crippen molar-refractivity contribution in [3.8, 4) is 5.75 Å². The first-order chi connectivity index (χ1) is 11.5. The Morgan fingerprint density at radius 1 is 0.625 bits per heavy atom. The van der Waals surface area contributed by atoms with Crippen LogP contribution in [-0.2, 0) is 0 Å². The van der Waals surface area contributed by atoms with E-state index < -0.39 is 0 Å². The lowest BCUT2D eigenvalue weighted by molar-refractivity contribution is 0.131. The normalized spacial score (nSPS) is 11.1. The summed E-state index contributed by atoms with van der Waals surface area (Å²) in [5.74, 6) is 0.873. The van der Waals surface area contributed by atoms with Gasteiger partial charge in [0.2, 0.25) is 0 Å². The van der Waals surface area contributed by atoms with Gasteiger partial charge in [-0.3, -0.25) is 0 Å². The monoisotopic (exact) mass is 317 g/mol. The highest BCUT2D eigenvalue weighted by Gasteiger charge is 2.19. The molecule has 3 rings (SSSR count). The Morgan fingerprint density at radius 2 is 1.08 bits per heavy atom. The van der Waals surface area contributed by atoms with Crippen LogP contribution in [0.25, 0.3) is 0 Å². The van der Waals surface area contributed by atoms with E-state index in [1.807, 2.05) is 30.3 Å². The number of benzene rings is 3. The smallest absolute Gasteiger partial charge is 0.144 e. The summed E-state index contributed by atoms with van der Waals surface area (Å²) in [6.07, 6.45) is 0. The lowest BCUT2D eigenvalue weighted by Crippen LogP contribution is -2.24. The predicted molar refractivity (Wildman–Crippen MR) is 102 cm³/mol. The van der Waals surface area contributed by atoms with Crippen molar-refractivity contribution in [3.05, 3.63) is 84.9 Å². The molecule has 0 bridgehead atoms. The SMILES string of the molecule is CC(C)(C)Oc1ccccc1N(c1ccccc1)c1ccccc1. The highest BCUT2D eigenvalue weighted by molar-refractivity contribution is 5.79. The van der Waals surface area contributed by atoms with Crippen LogP contribution in [0.2, 0.25) is 0 Å². The molecule has 0 aliphatic heterocycles.